The van der Waals surface area contributed by atoms with E-state index in [1.165, 1.54) is 5.56 Å². The van der Waals surface area contributed by atoms with Crippen LogP contribution in [0.5, 0.6) is 0 Å². The van der Waals surface area contributed by atoms with Crippen LogP contribution in [0, 0.1) is 19.8 Å². The van der Waals surface area contributed by atoms with E-state index in [0.717, 1.165) is 11.4 Å². The summed E-state index contributed by atoms with van der Waals surface area (Å²) in [6.45, 7) is 11.0. The molecule has 0 radical (unpaired) electrons. The van der Waals surface area contributed by atoms with Gasteiger partial charge in [0.2, 0.25) is 0 Å². The number of benzene rings is 1. The number of rotatable bonds is 7. The van der Waals surface area contributed by atoms with Gasteiger partial charge in [0.1, 0.15) is 0 Å². The van der Waals surface area contributed by atoms with Crippen LogP contribution in [0.15, 0.2) is 24.3 Å². The third-order valence-electron chi connectivity index (χ3n) is 4.01. The van der Waals surface area contributed by atoms with Crippen molar-refractivity contribution in [3.8, 4) is 5.69 Å². The van der Waals surface area contributed by atoms with Crippen LogP contribution in [0.2, 0.25) is 0 Å². The predicted octanol–water partition coefficient (Wildman–Crippen LogP) is 2.68. The highest BCUT2D eigenvalue weighted by atomic mass is 16.5. The smallest absolute Gasteiger partial charge is 0.274 e. The van der Waals surface area contributed by atoms with Crippen molar-refractivity contribution in [3.63, 3.8) is 0 Å². The zero-order chi connectivity index (χ0) is 17.7. The number of hydrogen-bond donors (Lipinski definition) is 1. The maximum atomic E-state index is 12.6. The molecule has 1 atom stereocenters. The molecule has 0 saturated carbocycles. The SMILES string of the molecule is CCOC[C@H](NC(=O)c1nnn(-c2ccc(C)cc2)c1C)C(C)C. The van der Waals surface area contributed by atoms with Crippen molar-refractivity contribution in [2.24, 2.45) is 5.92 Å². The minimum absolute atomic E-state index is 0.0543. The number of carbonyl (C=O) groups is 1. The molecule has 2 aromatic rings. The van der Waals surface area contributed by atoms with E-state index in [0.29, 0.717) is 18.9 Å². The van der Waals surface area contributed by atoms with Crippen LogP contribution in [0.1, 0.15) is 42.5 Å². The number of aryl methyl sites for hydroxylation is 1. The molecule has 0 bridgehead atoms. The van der Waals surface area contributed by atoms with Gasteiger partial charge in [-0.05, 0) is 38.8 Å². The van der Waals surface area contributed by atoms with E-state index < -0.39 is 0 Å². The van der Waals surface area contributed by atoms with Crippen LogP contribution in [0.3, 0.4) is 0 Å². The number of amides is 1. The fraction of sp³-hybridized carbons (Fsp3) is 0.500. The lowest BCUT2D eigenvalue weighted by atomic mass is 10.1. The van der Waals surface area contributed by atoms with Gasteiger partial charge in [-0.3, -0.25) is 4.79 Å². The van der Waals surface area contributed by atoms with Gasteiger partial charge in [-0.25, -0.2) is 4.68 Å². The minimum atomic E-state index is -0.218. The molecular formula is C18H26N4O2. The van der Waals surface area contributed by atoms with E-state index in [1.807, 2.05) is 45.0 Å². The van der Waals surface area contributed by atoms with Crippen molar-refractivity contribution in [2.45, 2.75) is 40.7 Å². The van der Waals surface area contributed by atoms with Crippen LogP contribution in [-0.4, -0.2) is 40.2 Å². The van der Waals surface area contributed by atoms with Crippen LogP contribution in [0.4, 0.5) is 0 Å². The third-order valence-corrected chi connectivity index (χ3v) is 4.01. The molecule has 1 aromatic carbocycles. The van der Waals surface area contributed by atoms with Gasteiger partial charge in [-0.1, -0.05) is 36.8 Å². The Hall–Kier alpha value is -2.21. The number of hydrogen-bond acceptors (Lipinski definition) is 4. The molecule has 0 aliphatic carbocycles. The fourth-order valence-corrected chi connectivity index (χ4v) is 2.35. The van der Waals surface area contributed by atoms with Gasteiger partial charge in [0.25, 0.3) is 5.91 Å². The molecule has 6 heteroatoms. The van der Waals surface area contributed by atoms with E-state index >= 15 is 0 Å². The topological polar surface area (TPSA) is 69.0 Å². The van der Waals surface area contributed by atoms with Crippen molar-refractivity contribution in [2.75, 3.05) is 13.2 Å². The maximum Gasteiger partial charge on any atom is 0.274 e. The summed E-state index contributed by atoms with van der Waals surface area (Å²) < 4.78 is 7.14. The second-order valence-corrected chi connectivity index (χ2v) is 6.25. The molecule has 0 unspecified atom stereocenters. The molecule has 0 fully saturated rings. The summed E-state index contributed by atoms with van der Waals surface area (Å²) in [7, 11) is 0. The molecule has 0 spiro atoms. The van der Waals surface area contributed by atoms with Gasteiger partial charge < -0.3 is 10.1 Å². The van der Waals surface area contributed by atoms with Crippen molar-refractivity contribution in [1.29, 1.82) is 0 Å². The van der Waals surface area contributed by atoms with Gasteiger partial charge in [-0.2, -0.15) is 0 Å². The molecule has 0 aliphatic rings. The first-order valence-electron chi connectivity index (χ1n) is 8.32. The van der Waals surface area contributed by atoms with Crippen molar-refractivity contribution in [3.05, 3.63) is 41.2 Å². The fourth-order valence-electron chi connectivity index (χ4n) is 2.35. The summed E-state index contributed by atoms with van der Waals surface area (Å²) in [5, 5.41) is 11.2. The number of aromatic nitrogens is 3. The van der Waals surface area contributed by atoms with Gasteiger partial charge >= 0.3 is 0 Å². The Balaban J connectivity index is 2.17. The number of nitrogens with one attached hydrogen (secondary N) is 1. The van der Waals surface area contributed by atoms with E-state index in [1.54, 1.807) is 4.68 Å². The van der Waals surface area contributed by atoms with Crippen molar-refractivity contribution < 1.29 is 9.53 Å². The van der Waals surface area contributed by atoms with Gasteiger partial charge in [0, 0.05) is 6.61 Å². The normalized spacial score (nSPS) is 12.4. The van der Waals surface area contributed by atoms with Gasteiger partial charge in [0.15, 0.2) is 5.69 Å². The summed E-state index contributed by atoms with van der Waals surface area (Å²) in [5.74, 6) is 0.0530. The molecule has 6 nitrogen and oxygen atoms in total. The summed E-state index contributed by atoms with van der Waals surface area (Å²) in [5.41, 5.74) is 3.12. The van der Waals surface area contributed by atoms with Crippen LogP contribution < -0.4 is 5.32 Å². The van der Waals surface area contributed by atoms with E-state index in [2.05, 4.69) is 29.5 Å². The average Bonchev–Trinajstić information content (AvgIpc) is 2.93. The quantitative estimate of drug-likeness (QED) is 0.847. The van der Waals surface area contributed by atoms with Crippen LogP contribution >= 0.6 is 0 Å². The number of carbonyl (C=O) groups excluding carboxylic acids is 1. The molecule has 0 saturated heterocycles. The highest BCUT2D eigenvalue weighted by Gasteiger charge is 2.22. The monoisotopic (exact) mass is 330 g/mol. The van der Waals surface area contributed by atoms with Crippen LogP contribution in [-0.2, 0) is 4.74 Å². The predicted molar refractivity (Wildman–Crippen MR) is 93.4 cm³/mol. The maximum absolute atomic E-state index is 12.6. The lowest BCUT2D eigenvalue weighted by Gasteiger charge is -2.21. The lowest BCUT2D eigenvalue weighted by molar-refractivity contribution is 0.0801. The molecule has 2 rings (SSSR count). The first kappa shape index (κ1) is 18.1. The molecular weight excluding hydrogens is 304 g/mol. The first-order chi connectivity index (χ1) is 11.4. The van der Waals surface area contributed by atoms with E-state index in [9.17, 15) is 4.79 Å². The molecule has 0 aliphatic heterocycles. The largest absolute Gasteiger partial charge is 0.380 e. The van der Waals surface area contributed by atoms with Crippen molar-refractivity contribution >= 4 is 5.91 Å². The Labute approximate surface area is 143 Å². The highest BCUT2D eigenvalue weighted by molar-refractivity contribution is 5.93. The Morgan fingerprint density at radius 1 is 1.25 bits per heavy atom. The Bertz CT molecular complexity index is 677. The Morgan fingerprint density at radius 3 is 2.50 bits per heavy atom. The Kier molecular flexibility index (Phi) is 6.09. The standard InChI is InChI=1S/C18H26N4O2/c1-6-24-11-16(12(2)3)19-18(23)17-14(5)22(21-20-17)15-9-7-13(4)8-10-15/h7-10,12,16H,6,11H2,1-5H3,(H,19,23)/t16-/m0/s1. The van der Waals surface area contributed by atoms with Gasteiger partial charge in [0.05, 0.1) is 24.0 Å². The molecule has 1 heterocycles. The van der Waals surface area contributed by atoms with E-state index in [-0.39, 0.29) is 17.9 Å². The Morgan fingerprint density at radius 2 is 1.92 bits per heavy atom. The number of nitrogens with zero attached hydrogens (tertiary/aromatic N) is 3. The van der Waals surface area contributed by atoms with Gasteiger partial charge in [-0.15, -0.1) is 5.10 Å². The summed E-state index contributed by atoms with van der Waals surface area (Å²) >= 11 is 0. The second kappa shape index (κ2) is 8.06. The third kappa shape index (κ3) is 4.20. The van der Waals surface area contributed by atoms with Crippen molar-refractivity contribution in [1.82, 2.24) is 20.3 Å². The lowest BCUT2D eigenvalue weighted by Crippen LogP contribution is -2.42. The summed E-state index contributed by atoms with van der Waals surface area (Å²) in [4.78, 5) is 12.6. The molecule has 130 valence electrons. The molecule has 24 heavy (non-hydrogen) atoms. The zero-order valence-corrected chi connectivity index (χ0v) is 15.0. The minimum Gasteiger partial charge on any atom is -0.380 e. The number of ether oxygens (including phenoxy) is 1. The zero-order valence-electron chi connectivity index (χ0n) is 15.0. The molecule has 1 aromatic heterocycles. The molecule has 1 N–H and O–H groups in total. The second-order valence-electron chi connectivity index (χ2n) is 6.25. The first-order valence-corrected chi connectivity index (χ1v) is 8.32. The molecule has 1 amide bonds. The average molecular weight is 330 g/mol. The van der Waals surface area contributed by atoms with E-state index in [4.69, 9.17) is 4.74 Å². The van der Waals surface area contributed by atoms with Crippen LogP contribution in [0.25, 0.3) is 5.69 Å². The summed E-state index contributed by atoms with van der Waals surface area (Å²) in [6, 6.07) is 7.89. The summed E-state index contributed by atoms with van der Waals surface area (Å²) in [6.07, 6.45) is 0. The highest BCUT2D eigenvalue weighted by Crippen LogP contribution is 2.13.